The van der Waals surface area contributed by atoms with Gasteiger partial charge in [0.05, 0.1) is 13.2 Å². The van der Waals surface area contributed by atoms with Crippen molar-refractivity contribution in [2.24, 2.45) is 0 Å². The van der Waals surface area contributed by atoms with Crippen LogP contribution < -0.4 is 10.6 Å². The van der Waals surface area contributed by atoms with E-state index in [9.17, 15) is 14.4 Å². The highest BCUT2D eigenvalue weighted by Gasteiger charge is 2.08. The first-order chi connectivity index (χ1) is 8.49. The molecule has 0 bridgehead atoms. The van der Waals surface area contributed by atoms with Crippen LogP contribution in [0.15, 0.2) is 12.2 Å². The molecule has 0 radical (unpaired) electrons. The van der Waals surface area contributed by atoms with Gasteiger partial charge in [0.25, 0.3) is 0 Å². The predicted molar refractivity (Wildman–Crippen MR) is 63.8 cm³/mol. The lowest BCUT2D eigenvalue weighted by molar-refractivity contribution is -0.139. The van der Waals surface area contributed by atoms with E-state index < -0.39 is 11.9 Å². The summed E-state index contributed by atoms with van der Waals surface area (Å²) in [4.78, 5) is 32.9. The number of nitrogens with one attached hydrogen (secondary N) is 2. The topological polar surface area (TPSA) is 93.7 Å². The van der Waals surface area contributed by atoms with E-state index in [-0.39, 0.29) is 18.7 Å². The van der Waals surface area contributed by atoms with Gasteiger partial charge in [0.15, 0.2) is 0 Å². The second-order valence-corrected chi connectivity index (χ2v) is 3.39. The molecule has 0 aliphatic carbocycles. The second kappa shape index (κ2) is 9.03. The van der Waals surface area contributed by atoms with Crippen molar-refractivity contribution in [3.05, 3.63) is 12.2 Å². The van der Waals surface area contributed by atoms with Gasteiger partial charge in [-0.3, -0.25) is 0 Å². The molecular weight excluding hydrogens is 240 g/mol. The number of esters is 2. The zero-order valence-electron chi connectivity index (χ0n) is 10.7. The highest BCUT2D eigenvalue weighted by atomic mass is 16.5. The lowest BCUT2D eigenvalue weighted by Gasteiger charge is -2.13. The monoisotopic (exact) mass is 258 g/mol. The van der Waals surface area contributed by atoms with Crippen LogP contribution in [-0.2, 0) is 19.1 Å². The Kier molecular flexibility index (Phi) is 8.00. The van der Waals surface area contributed by atoms with E-state index in [0.29, 0.717) is 6.54 Å². The van der Waals surface area contributed by atoms with Crippen molar-refractivity contribution < 1.29 is 23.9 Å². The molecule has 1 atom stereocenters. The normalized spacial score (nSPS) is 11.7. The molecule has 18 heavy (non-hydrogen) atoms. The van der Waals surface area contributed by atoms with E-state index in [4.69, 9.17) is 4.74 Å². The van der Waals surface area contributed by atoms with E-state index in [1.54, 1.807) is 13.8 Å². The molecule has 2 N–H and O–H groups in total. The molecule has 0 rings (SSSR count). The summed E-state index contributed by atoms with van der Waals surface area (Å²) in [6, 6.07) is -0.654. The highest BCUT2D eigenvalue weighted by Crippen LogP contribution is 1.88. The van der Waals surface area contributed by atoms with Crippen LogP contribution in [0.5, 0.6) is 0 Å². The molecule has 0 unspecified atom stereocenters. The smallest absolute Gasteiger partial charge is 0.331 e. The zero-order chi connectivity index (χ0) is 14.0. The van der Waals surface area contributed by atoms with Crippen LogP contribution in [-0.4, -0.2) is 44.3 Å². The maximum absolute atomic E-state index is 11.1. The Morgan fingerprint density at radius 2 is 1.83 bits per heavy atom. The van der Waals surface area contributed by atoms with Crippen LogP contribution in [0.4, 0.5) is 4.79 Å². The number of hydrogen-bond donors (Lipinski definition) is 2. The van der Waals surface area contributed by atoms with E-state index in [0.717, 1.165) is 12.2 Å². The van der Waals surface area contributed by atoms with Crippen molar-refractivity contribution in [1.29, 1.82) is 0 Å². The Balaban J connectivity index is 3.88. The minimum Gasteiger partial charge on any atom is -0.466 e. The number of methoxy groups -OCH3 is 1. The number of carbonyl (C=O) groups excluding carboxylic acids is 3. The molecular formula is C11H18N2O5. The summed E-state index contributed by atoms with van der Waals surface area (Å²) in [5.41, 5.74) is 0. The van der Waals surface area contributed by atoms with E-state index in [1.807, 2.05) is 0 Å². The largest absolute Gasteiger partial charge is 0.466 e. The SMILES string of the molecule is CCNC(=O)N[C@H](C)COC(=O)/C=C/C(=O)OC. The first-order valence-electron chi connectivity index (χ1n) is 5.46. The standard InChI is InChI=1S/C11H18N2O5/c1-4-12-11(16)13-8(2)7-18-10(15)6-5-9(14)17-3/h5-6,8H,4,7H2,1-3H3,(H2,12,13,16)/b6-5+/t8-/m1/s1. The van der Waals surface area contributed by atoms with Crippen molar-refractivity contribution in [3.63, 3.8) is 0 Å². The molecule has 0 aromatic heterocycles. The van der Waals surface area contributed by atoms with Crippen molar-refractivity contribution in [1.82, 2.24) is 10.6 Å². The van der Waals surface area contributed by atoms with Crippen LogP contribution in [0.1, 0.15) is 13.8 Å². The number of urea groups is 1. The quantitative estimate of drug-likeness (QED) is 0.515. The van der Waals surface area contributed by atoms with Gasteiger partial charge in [-0.05, 0) is 13.8 Å². The van der Waals surface area contributed by atoms with Crippen molar-refractivity contribution in [2.45, 2.75) is 19.9 Å². The fourth-order valence-electron chi connectivity index (χ4n) is 0.936. The molecule has 7 heteroatoms. The summed E-state index contributed by atoms with van der Waals surface area (Å²) in [7, 11) is 1.20. The van der Waals surface area contributed by atoms with Crippen LogP contribution in [0.25, 0.3) is 0 Å². The highest BCUT2D eigenvalue weighted by molar-refractivity contribution is 5.91. The van der Waals surface area contributed by atoms with Crippen LogP contribution in [0.2, 0.25) is 0 Å². The third-order valence-electron chi connectivity index (χ3n) is 1.75. The fraction of sp³-hybridized carbons (Fsp3) is 0.545. The third kappa shape index (κ3) is 8.14. The molecule has 0 spiro atoms. The van der Waals surface area contributed by atoms with E-state index in [2.05, 4.69) is 15.4 Å². The molecule has 0 aliphatic heterocycles. The first-order valence-corrected chi connectivity index (χ1v) is 5.46. The fourth-order valence-corrected chi connectivity index (χ4v) is 0.936. The number of carbonyl (C=O) groups is 3. The first kappa shape index (κ1) is 16.0. The molecule has 0 saturated heterocycles. The van der Waals surface area contributed by atoms with E-state index >= 15 is 0 Å². The summed E-state index contributed by atoms with van der Waals surface area (Å²) >= 11 is 0. The van der Waals surface area contributed by atoms with Gasteiger partial charge in [-0.25, -0.2) is 14.4 Å². The number of amides is 2. The average molecular weight is 258 g/mol. The summed E-state index contributed by atoms with van der Waals surface area (Å²) in [5.74, 6) is -1.31. The van der Waals surface area contributed by atoms with Crippen LogP contribution in [0, 0.1) is 0 Å². The lowest BCUT2D eigenvalue weighted by Crippen LogP contribution is -2.42. The molecule has 0 aromatic carbocycles. The van der Waals surface area contributed by atoms with Gasteiger partial charge in [0, 0.05) is 18.7 Å². The summed E-state index contributed by atoms with van der Waals surface area (Å²) in [6.07, 6.45) is 1.93. The summed E-state index contributed by atoms with van der Waals surface area (Å²) < 4.78 is 9.11. The van der Waals surface area contributed by atoms with Crippen LogP contribution in [0.3, 0.4) is 0 Å². The average Bonchev–Trinajstić information content (AvgIpc) is 2.33. The lowest BCUT2D eigenvalue weighted by atomic mass is 10.4. The molecule has 2 amide bonds. The Hall–Kier alpha value is -2.05. The van der Waals surface area contributed by atoms with Gasteiger partial charge in [-0.15, -0.1) is 0 Å². The Morgan fingerprint density at radius 3 is 2.39 bits per heavy atom. The number of hydrogen-bond acceptors (Lipinski definition) is 5. The molecule has 102 valence electrons. The number of ether oxygens (including phenoxy) is 2. The molecule has 0 fully saturated rings. The molecule has 0 aliphatic rings. The summed E-state index contributed by atoms with van der Waals surface area (Å²) in [6.45, 7) is 4.01. The van der Waals surface area contributed by atoms with E-state index in [1.165, 1.54) is 7.11 Å². The van der Waals surface area contributed by atoms with Crippen LogP contribution >= 0.6 is 0 Å². The van der Waals surface area contributed by atoms with Gasteiger partial charge < -0.3 is 20.1 Å². The van der Waals surface area contributed by atoms with Crippen molar-refractivity contribution in [3.8, 4) is 0 Å². The summed E-state index contributed by atoms with van der Waals surface area (Å²) in [5, 5.41) is 5.12. The predicted octanol–water partition coefficient (Wildman–Crippen LogP) is -0.0336. The van der Waals surface area contributed by atoms with Gasteiger partial charge in [-0.1, -0.05) is 0 Å². The van der Waals surface area contributed by atoms with Gasteiger partial charge in [-0.2, -0.15) is 0 Å². The molecule has 0 aromatic rings. The number of rotatable bonds is 6. The molecule has 7 nitrogen and oxygen atoms in total. The third-order valence-corrected chi connectivity index (χ3v) is 1.75. The Labute approximate surface area is 106 Å². The molecule has 0 heterocycles. The minimum atomic E-state index is -0.676. The second-order valence-electron chi connectivity index (χ2n) is 3.39. The van der Waals surface area contributed by atoms with Crippen molar-refractivity contribution in [2.75, 3.05) is 20.3 Å². The van der Waals surface area contributed by atoms with Crippen molar-refractivity contribution >= 4 is 18.0 Å². The Bertz CT molecular complexity index is 327. The van der Waals surface area contributed by atoms with Gasteiger partial charge in [0.1, 0.15) is 6.61 Å². The van der Waals surface area contributed by atoms with Gasteiger partial charge in [0.2, 0.25) is 0 Å². The van der Waals surface area contributed by atoms with Gasteiger partial charge >= 0.3 is 18.0 Å². The minimum absolute atomic E-state index is 0.0154. The maximum Gasteiger partial charge on any atom is 0.331 e. The Morgan fingerprint density at radius 1 is 1.22 bits per heavy atom. The zero-order valence-corrected chi connectivity index (χ0v) is 10.7. The maximum atomic E-state index is 11.1. The molecule has 0 saturated carbocycles.